The average Bonchev–Trinajstić information content (AvgIpc) is 2.84. The molecular weight excluding hydrogens is 491 g/mol. The molecule has 1 aliphatic carbocycles. The van der Waals surface area contributed by atoms with E-state index in [1.54, 1.807) is 31.1 Å². The van der Waals surface area contributed by atoms with Gasteiger partial charge in [-0.3, -0.25) is 9.59 Å². The molecule has 1 fully saturated rings. The van der Waals surface area contributed by atoms with Crippen molar-refractivity contribution < 1.29 is 14.3 Å². The number of benzene rings is 2. The van der Waals surface area contributed by atoms with Crippen molar-refractivity contribution in [2.45, 2.75) is 63.4 Å². The quantitative estimate of drug-likeness (QED) is 0.409. The number of hydrogen-bond donors (Lipinski definition) is 1. The van der Waals surface area contributed by atoms with E-state index < -0.39 is 6.04 Å². The third kappa shape index (κ3) is 7.82. The number of rotatable bonds is 10. The molecule has 0 saturated heterocycles. The number of thioether (sulfide) groups is 1. The molecule has 0 aliphatic heterocycles. The minimum absolute atomic E-state index is 0.0859. The third-order valence-corrected chi connectivity index (χ3v) is 7.68. The first-order valence-corrected chi connectivity index (χ1v) is 13.5. The van der Waals surface area contributed by atoms with Gasteiger partial charge in [-0.05, 0) is 55.2 Å². The summed E-state index contributed by atoms with van der Waals surface area (Å²) in [6, 6.07) is 12.6. The Morgan fingerprint density at radius 3 is 2.47 bits per heavy atom. The predicted molar refractivity (Wildman–Crippen MR) is 141 cm³/mol. The molecule has 184 valence electrons. The summed E-state index contributed by atoms with van der Waals surface area (Å²) in [7, 11) is 1.62. The molecule has 2 aromatic rings. The molecule has 1 N–H and O–H groups in total. The van der Waals surface area contributed by atoms with Gasteiger partial charge in [0.25, 0.3) is 0 Å². The number of hydrogen-bond acceptors (Lipinski definition) is 4. The summed E-state index contributed by atoms with van der Waals surface area (Å²) in [5.74, 6) is 1.40. The van der Waals surface area contributed by atoms with Crippen LogP contribution in [0.3, 0.4) is 0 Å². The fraction of sp³-hybridized carbons (Fsp3) is 0.462. The molecule has 5 nitrogen and oxygen atoms in total. The van der Waals surface area contributed by atoms with Crippen LogP contribution < -0.4 is 10.1 Å². The Morgan fingerprint density at radius 1 is 1.12 bits per heavy atom. The fourth-order valence-corrected chi connectivity index (χ4v) is 5.52. The van der Waals surface area contributed by atoms with Gasteiger partial charge in [0, 0.05) is 28.4 Å². The smallest absolute Gasteiger partial charge is 0.242 e. The third-order valence-electron chi connectivity index (χ3n) is 6.13. The number of nitrogens with one attached hydrogen (secondary N) is 1. The zero-order valence-electron chi connectivity index (χ0n) is 19.7. The number of ether oxygens (including phenoxy) is 1. The SMILES string of the molecule is COc1ccc(CN(C(=O)CSCc2ccc(Cl)cc2Cl)[C@H](C)C(=O)NC2CCCCC2)cc1. The van der Waals surface area contributed by atoms with Crippen LogP contribution >= 0.6 is 35.0 Å². The average molecular weight is 524 g/mol. The molecular formula is C26H32Cl2N2O3S. The van der Waals surface area contributed by atoms with Crippen LogP contribution in [0.25, 0.3) is 0 Å². The van der Waals surface area contributed by atoms with Crippen LogP contribution in [0.1, 0.15) is 50.2 Å². The summed E-state index contributed by atoms with van der Waals surface area (Å²) in [5.41, 5.74) is 1.87. The summed E-state index contributed by atoms with van der Waals surface area (Å²) >= 11 is 13.7. The second-order valence-corrected chi connectivity index (χ2v) is 10.4. The number of carbonyl (C=O) groups excluding carboxylic acids is 2. The summed E-state index contributed by atoms with van der Waals surface area (Å²) < 4.78 is 5.24. The summed E-state index contributed by atoms with van der Waals surface area (Å²) in [4.78, 5) is 28.0. The molecule has 0 radical (unpaired) electrons. The number of amides is 2. The first kappa shape index (κ1) is 26.7. The Labute approximate surface area is 216 Å². The van der Waals surface area contributed by atoms with E-state index in [2.05, 4.69) is 5.32 Å². The van der Waals surface area contributed by atoms with Gasteiger partial charge in [0.2, 0.25) is 11.8 Å². The van der Waals surface area contributed by atoms with Crippen LogP contribution in [0.2, 0.25) is 10.0 Å². The molecule has 8 heteroatoms. The monoisotopic (exact) mass is 522 g/mol. The van der Waals surface area contributed by atoms with Crippen molar-refractivity contribution in [1.29, 1.82) is 0 Å². The Kier molecular flexibility index (Phi) is 10.4. The van der Waals surface area contributed by atoms with E-state index in [4.69, 9.17) is 27.9 Å². The van der Waals surface area contributed by atoms with Crippen LogP contribution in [0.5, 0.6) is 5.75 Å². The second kappa shape index (κ2) is 13.3. The van der Waals surface area contributed by atoms with Crippen molar-refractivity contribution in [2.75, 3.05) is 12.9 Å². The lowest BCUT2D eigenvalue weighted by Gasteiger charge is -2.31. The van der Waals surface area contributed by atoms with Crippen molar-refractivity contribution >= 4 is 46.8 Å². The van der Waals surface area contributed by atoms with Crippen LogP contribution in [-0.4, -0.2) is 41.7 Å². The summed E-state index contributed by atoms with van der Waals surface area (Å²) in [6.45, 7) is 2.16. The first-order valence-electron chi connectivity index (χ1n) is 11.6. The fourth-order valence-electron chi connectivity index (χ4n) is 4.05. The molecule has 1 atom stereocenters. The van der Waals surface area contributed by atoms with Gasteiger partial charge in [-0.15, -0.1) is 11.8 Å². The van der Waals surface area contributed by atoms with Crippen molar-refractivity contribution in [2.24, 2.45) is 0 Å². The highest BCUT2D eigenvalue weighted by molar-refractivity contribution is 7.99. The van der Waals surface area contributed by atoms with Gasteiger partial charge < -0.3 is 15.0 Å². The minimum atomic E-state index is -0.573. The van der Waals surface area contributed by atoms with Crippen molar-refractivity contribution in [1.82, 2.24) is 10.2 Å². The number of halogens is 2. The number of carbonyl (C=O) groups is 2. The van der Waals surface area contributed by atoms with Gasteiger partial charge in [-0.25, -0.2) is 0 Å². The zero-order chi connectivity index (χ0) is 24.5. The molecule has 1 saturated carbocycles. The highest BCUT2D eigenvalue weighted by Gasteiger charge is 2.28. The van der Waals surface area contributed by atoms with Crippen LogP contribution in [0, 0.1) is 0 Å². The standard InChI is InChI=1S/C26H32Cl2N2O3S/c1-18(26(32)29-22-6-4-3-5-7-22)30(15-19-8-12-23(33-2)13-9-19)25(31)17-34-16-20-10-11-21(27)14-24(20)28/h8-14,18,22H,3-7,15-17H2,1-2H3,(H,29,32)/t18-/m1/s1. The van der Waals surface area contributed by atoms with Gasteiger partial charge in [-0.1, -0.05) is 60.7 Å². The molecule has 34 heavy (non-hydrogen) atoms. The summed E-state index contributed by atoms with van der Waals surface area (Å²) in [5, 5.41) is 4.33. The van der Waals surface area contributed by atoms with E-state index in [-0.39, 0.29) is 23.6 Å². The maximum atomic E-state index is 13.3. The van der Waals surface area contributed by atoms with E-state index in [9.17, 15) is 9.59 Å². The van der Waals surface area contributed by atoms with Crippen LogP contribution in [-0.2, 0) is 21.9 Å². The van der Waals surface area contributed by atoms with Crippen molar-refractivity contribution in [3.05, 3.63) is 63.6 Å². The number of nitrogens with zero attached hydrogens (tertiary/aromatic N) is 1. The zero-order valence-corrected chi connectivity index (χ0v) is 22.0. The molecule has 0 aromatic heterocycles. The van der Waals surface area contributed by atoms with Gasteiger partial charge in [0.15, 0.2) is 0 Å². The summed E-state index contributed by atoms with van der Waals surface area (Å²) in [6.07, 6.45) is 5.50. The maximum absolute atomic E-state index is 13.3. The largest absolute Gasteiger partial charge is 0.497 e. The highest BCUT2D eigenvalue weighted by atomic mass is 35.5. The predicted octanol–water partition coefficient (Wildman–Crippen LogP) is 6.10. The Balaban J connectivity index is 1.66. The van der Waals surface area contributed by atoms with Gasteiger partial charge in [-0.2, -0.15) is 0 Å². The Morgan fingerprint density at radius 2 is 1.82 bits per heavy atom. The van der Waals surface area contributed by atoms with Gasteiger partial charge in [0.1, 0.15) is 11.8 Å². The normalized spacial score (nSPS) is 14.9. The van der Waals surface area contributed by atoms with Gasteiger partial charge in [0.05, 0.1) is 12.9 Å². The molecule has 0 unspecified atom stereocenters. The molecule has 2 amide bonds. The Hall–Kier alpha value is -1.89. The lowest BCUT2D eigenvalue weighted by Crippen LogP contribution is -2.50. The van der Waals surface area contributed by atoms with E-state index in [1.807, 2.05) is 30.3 Å². The number of methoxy groups -OCH3 is 1. The lowest BCUT2D eigenvalue weighted by molar-refractivity contribution is -0.139. The second-order valence-electron chi connectivity index (χ2n) is 8.62. The van der Waals surface area contributed by atoms with E-state index in [0.717, 1.165) is 42.6 Å². The highest BCUT2D eigenvalue weighted by Crippen LogP contribution is 2.25. The molecule has 0 bridgehead atoms. The van der Waals surface area contributed by atoms with E-state index in [1.165, 1.54) is 18.2 Å². The molecule has 0 heterocycles. The van der Waals surface area contributed by atoms with E-state index in [0.29, 0.717) is 22.3 Å². The lowest BCUT2D eigenvalue weighted by atomic mass is 9.95. The molecule has 1 aliphatic rings. The first-order chi connectivity index (χ1) is 16.4. The van der Waals surface area contributed by atoms with Gasteiger partial charge >= 0.3 is 0 Å². The van der Waals surface area contributed by atoms with E-state index >= 15 is 0 Å². The van der Waals surface area contributed by atoms with Crippen molar-refractivity contribution in [3.8, 4) is 5.75 Å². The molecule has 2 aromatic carbocycles. The molecule has 0 spiro atoms. The van der Waals surface area contributed by atoms with Crippen LogP contribution in [0.15, 0.2) is 42.5 Å². The minimum Gasteiger partial charge on any atom is -0.497 e. The topological polar surface area (TPSA) is 58.6 Å². The Bertz CT molecular complexity index is 965. The van der Waals surface area contributed by atoms with Crippen LogP contribution in [0.4, 0.5) is 0 Å². The molecule has 3 rings (SSSR count). The van der Waals surface area contributed by atoms with Crippen molar-refractivity contribution in [3.63, 3.8) is 0 Å². The maximum Gasteiger partial charge on any atom is 0.242 e.